The predicted octanol–water partition coefficient (Wildman–Crippen LogP) is 3.39. The van der Waals surface area contributed by atoms with Crippen LogP contribution in [-0.4, -0.2) is 10.8 Å². The molecular weight excluding hydrogens is 268 g/mol. The van der Waals surface area contributed by atoms with Crippen molar-refractivity contribution in [1.29, 1.82) is 0 Å². The van der Waals surface area contributed by atoms with E-state index >= 15 is 0 Å². The number of nitrogens with one attached hydrogen (secondary N) is 1. The topological polar surface area (TPSA) is 72.2 Å². The molecule has 2 aromatic rings. The molecule has 0 aliphatic heterocycles. The maximum Gasteiger partial charge on any atom is 0.282 e. The second kappa shape index (κ2) is 6.17. The van der Waals surface area contributed by atoms with E-state index in [9.17, 15) is 14.9 Å². The molecule has 1 amide bonds. The molecule has 21 heavy (non-hydrogen) atoms. The van der Waals surface area contributed by atoms with Gasteiger partial charge in [0, 0.05) is 6.07 Å². The molecule has 0 spiro atoms. The van der Waals surface area contributed by atoms with Gasteiger partial charge in [-0.05, 0) is 31.0 Å². The van der Waals surface area contributed by atoms with E-state index in [1.165, 1.54) is 12.1 Å². The minimum Gasteiger partial charge on any atom is -0.345 e. The summed E-state index contributed by atoms with van der Waals surface area (Å²) in [5.41, 5.74) is 1.94. The number of hydrogen-bond donors (Lipinski definition) is 1. The third kappa shape index (κ3) is 3.25. The Bertz CT molecular complexity index is 683. The van der Waals surface area contributed by atoms with Gasteiger partial charge in [-0.25, -0.2) is 0 Å². The number of hydrogen-bond acceptors (Lipinski definition) is 3. The van der Waals surface area contributed by atoms with Gasteiger partial charge in [0.25, 0.3) is 11.6 Å². The Morgan fingerprint density at radius 3 is 2.43 bits per heavy atom. The van der Waals surface area contributed by atoms with Crippen molar-refractivity contribution in [1.82, 2.24) is 5.32 Å². The summed E-state index contributed by atoms with van der Waals surface area (Å²) in [5, 5.41) is 13.8. The van der Waals surface area contributed by atoms with Crippen molar-refractivity contribution in [2.45, 2.75) is 19.9 Å². The van der Waals surface area contributed by atoms with E-state index in [1.807, 2.05) is 38.1 Å². The zero-order valence-electron chi connectivity index (χ0n) is 11.9. The Morgan fingerprint density at radius 2 is 1.76 bits per heavy atom. The minimum atomic E-state index is -0.548. The molecule has 1 atom stereocenters. The number of carbonyl (C=O) groups is 1. The van der Waals surface area contributed by atoms with Gasteiger partial charge in [0.05, 0.1) is 11.0 Å². The largest absolute Gasteiger partial charge is 0.345 e. The molecule has 5 heteroatoms. The first kappa shape index (κ1) is 14.7. The van der Waals surface area contributed by atoms with E-state index < -0.39 is 10.8 Å². The number of aryl methyl sites for hydroxylation is 1. The Labute approximate surface area is 122 Å². The summed E-state index contributed by atoms with van der Waals surface area (Å²) in [6.45, 7) is 3.82. The molecule has 0 aliphatic carbocycles. The van der Waals surface area contributed by atoms with Crippen LogP contribution in [0, 0.1) is 17.0 Å². The lowest BCUT2D eigenvalue weighted by Crippen LogP contribution is -2.27. The number of para-hydroxylation sites is 1. The van der Waals surface area contributed by atoms with E-state index in [0.29, 0.717) is 0 Å². The first-order valence-corrected chi connectivity index (χ1v) is 6.60. The molecular formula is C16H16N2O3. The summed E-state index contributed by atoms with van der Waals surface area (Å²) in [6, 6.07) is 13.4. The lowest BCUT2D eigenvalue weighted by atomic mass is 10.0. The summed E-state index contributed by atoms with van der Waals surface area (Å²) in [6.07, 6.45) is 0. The maximum absolute atomic E-state index is 12.2. The van der Waals surface area contributed by atoms with E-state index in [0.717, 1.165) is 11.1 Å². The van der Waals surface area contributed by atoms with Crippen LogP contribution in [0.2, 0.25) is 0 Å². The maximum atomic E-state index is 12.2. The van der Waals surface area contributed by atoms with Crippen LogP contribution in [0.1, 0.15) is 34.5 Å². The van der Waals surface area contributed by atoms with E-state index in [-0.39, 0.29) is 17.3 Å². The number of benzene rings is 2. The second-order valence-corrected chi connectivity index (χ2v) is 4.83. The molecule has 0 heterocycles. The number of carbonyl (C=O) groups excluding carboxylic acids is 1. The number of nitrogens with zero attached hydrogens (tertiary/aromatic N) is 1. The highest BCUT2D eigenvalue weighted by atomic mass is 16.6. The van der Waals surface area contributed by atoms with Gasteiger partial charge in [-0.1, -0.05) is 36.4 Å². The van der Waals surface area contributed by atoms with Crippen LogP contribution in [0.15, 0.2) is 48.5 Å². The average Bonchev–Trinajstić information content (AvgIpc) is 2.47. The first-order valence-electron chi connectivity index (χ1n) is 6.60. The van der Waals surface area contributed by atoms with E-state index in [2.05, 4.69) is 5.32 Å². The van der Waals surface area contributed by atoms with Crippen molar-refractivity contribution in [3.05, 3.63) is 75.3 Å². The van der Waals surface area contributed by atoms with Crippen LogP contribution in [0.5, 0.6) is 0 Å². The molecule has 1 N–H and O–H groups in total. The number of rotatable bonds is 4. The molecule has 0 saturated heterocycles. The average molecular weight is 284 g/mol. The van der Waals surface area contributed by atoms with Crippen LogP contribution in [0.4, 0.5) is 5.69 Å². The fourth-order valence-corrected chi connectivity index (χ4v) is 2.25. The van der Waals surface area contributed by atoms with Gasteiger partial charge in [0.1, 0.15) is 5.56 Å². The summed E-state index contributed by atoms with van der Waals surface area (Å²) >= 11 is 0. The Hall–Kier alpha value is -2.69. The van der Waals surface area contributed by atoms with Gasteiger partial charge in [-0.2, -0.15) is 0 Å². The standard InChI is InChI=1S/C16H16N2O3/c1-11-7-3-4-8-13(11)12(2)17-16(19)14-9-5-6-10-15(14)18(20)21/h3-10,12H,1-2H3,(H,17,19). The van der Waals surface area contributed by atoms with Crippen molar-refractivity contribution in [2.24, 2.45) is 0 Å². The van der Waals surface area contributed by atoms with Gasteiger partial charge >= 0.3 is 0 Å². The summed E-state index contributed by atoms with van der Waals surface area (Å²) < 4.78 is 0. The highest BCUT2D eigenvalue weighted by molar-refractivity contribution is 5.98. The fourth-order valence-electron chi connectivity index (χ4n) is 2.25. The lowest BCUT2D eigenvalue weighted by Gasteiger charge is -2.16. The van der Waals surface area contributed by atoms with Crippen LogP contribution in [0.3, 0.4) is 0 Å². The minimum absolute atomic E-state index is 0.0722. The smallest absolute Gasteiger partial charge is 0.282 e. The summed E-state index contributed by atoms with van der Waals surface area (Å²) in [5.74, 6) is -0.446. The highest BCUT2D eigenvalue weighted by Gasteiger charge is 2.21. The van der Waals surface area contributed by atoms with Gasteiger partial charge in [0.15, 0.2) is 0 Å². The lowest BCUT2D eigenvalue weighted by molar-refractivity contribution is -0.385. The molecule has 0 radical (unpaired) electrons. The first-order chi connectivity index (χ1) is 10.0. The quantitative estimate of drug-likeness (QED) is 0.691. The van der Waals surface area contributed by atoms with Crippen LogP contribution < -0.4 is 5.32 Å². The number of nitro groups is 1. The third-order valence-electron chi connectivity index (χ3n) is 3.35. The summed E-state index contributed by atoms with van der Waals surface area (Å²) in [4.78, 5) is 22.7. The monoisotopic (exact) mass is 284 g/mol. The van der Waals surface area contributed by atoms with Crippen LogP contribution in [0.25, 0.3) is 0 Å². The second-order valence-electron chi connectivity index (χ2n) is 4.83. The van der Waals surface area contributed by atoms with Crippen molar-refractivity contribution >= 4 is 11.6 Å². The SMILES string of the molecule is Cc1ccccc1C(C)NC(=O)c1ccccc1[N+](=O)[O-]. The van der Waals surface area contributed by atoms with Crippen LogP contribution >= 0.6 is 0 Å². The molecule has 0 aromatic heterocycles. The van der Waals surface area contributed by atoms with Crippen molar-refractivity contribution < 1.29 is 9.72 Å². The predicted molar refractivity (Wildman–Crippen MR) is 80.2 cm³/mol. The molecule has 2 rings (SSSR count). The van der Waals surface area contributed by atoms with Gasteiger partial charge in [0.2, 0.25) is 0 Å². The van der Waals surface area contributed by atoms with Crippen molar-refractivity contribution in [2.75, 3.05) is 0 Å². The van der Waals surface area contributed by atoms with Crippen LogP contribution in [-0.2, 0) is 0 Å². The highest BCUT2D eigenvalue weighted by Crippen LogP contribution is 2.21. The number of nitro benzene ring substituents is 1. The molecule has 0 bridgehead atoms. The summed E-state index contributed by atoms with van der Waals surface area (Å²) in [7, 11) is 0. The molecule has 5 nitrogen and oxygen atoms in total. The molecule has 0 aliphatic rings. The normalized spacial score (nSPS) is 11.7. The van der Waals surface area contributed by atoms with Gasteiger partial charge < -0.3 is 5.32 Å². The molecule has 0 fully saturated rings. The Morgan fingerprint density at radius 1 is 1.14 bits per heavy atom. The van der Waals surface area contributed by atoms with E-state index in [4.69, 9.17) is 0 Å². The van der Waals surface area contributed by atoms with Crippen molar-refractivity contribution in [3.8, 4) is 0 Å². The number of amides is 1. The molecule has 0 saturated carbocycles. The van der Waals surface area contributed by atoms with Crippen molar-refractivity contribution in [3.63, 3.8) is 0 Å². The van der Waals surface area contributed by atoms with Gasteiger partial charge in [-0.15, -0.1) is 0 Å². The molecule has 108 valence electrons. The zero-order valence-corrected chi connectivity index (χ0v) is 11.9. The molecule has 1 unspecified atom stereocenters. The van der Waals surface area contributed by atoms with E-state index in [1.54, 1.807) is 12.1 Å². The fraction of sp³-hybridized carbons (Fsp3) is 0.188. The molecule has 2 aromatic carbocycles. The zero-order chi connectivity index (χ0) is 15.4. The Balaban J connectivity index is 2.23. The Kier molecular flexibility index (Phi) is 4.33. The third-order valence-corrected chi connectivity index (χ3v) is 3.35. The van der Waals surface area contributed by atoms with Gasteiger partial charge in [-0.3, -0.25) is 14.9 Å².